The molecule has 0 saturated carbocycles. The Morgan fingerprint density at radius 1 is 1.31 bits per heavy atom. The van der Waals surface area contributed by atoms with Gasteiger partial charge < -0.3 is 10.6 Å². The first-order valence-electron chi connectivity index (χ1n) is 7.59. The van der Waals surface area contributed by atoms with E-state index < -0.39 is 10.8 Å². The summed E-state index contributed by atoms with van der Waals surface area (Å²) in [6.07, 6.45) is 1.32. The number of amides is 1. The second-order valence-corrected chi connectivity index (χ2v) is 5.75. The summed E-state index contributed by atoms with van der Waals surface area (Å²) in [4.78, 5) is 22.5. The number of carbonyl (C=O) groups excluding carboxylic acids is 1. The van der Waals surface area contributed by atoms with Gasteiger partial charge in [-0.2, -0.15) is 5.26 Å². The molecule has 0 aliphatic heterocycles. The molecule has 0 bridgehead atoms. The lowest BCUT2D eigenvalue weighted by molar-refractivity contribution is -0.384. The molecular weight excluding hydrogens is 356 g/mol. The summed E-state index contributed by atoms with van der Waals surface area (Å²) in [7, 11) is 0. The van der Waals surface area contributed by atoms with Gasteiger partial charge in [-0.25, -0.2) is 0 Å². The van der Waals surface area contributed by atoms with E-state index in [-0.39, 0.29) is 28.0 Å². The van der Waals surface area contributed by atoms with Gasteiger partial charge >= 0.3 is 0 Å². The van der Waals surface area contributed by atoms with Gasteiger partial charge in [0.25, 0.3) is 11.6 Å². The van der Waals surface area contributed by atoms with Crippen molar-refractivity contribution in [2.24, 2.45) is 0 Å². The van der Waals surface area contributed by atoms with Crippen LogP contribution >= 0.6 is 11.6 Å². The number of halogens is 1. The van der Waals surface area contributed by atoms with Gasteiger partial charge in [-0.1, -0.05) is 41.9 Å². The summed E-state index contributed by atoms with van der Waals surface area (Å²) >= 11 is 5.73. The van der Waals surface area contributed by atoms with E-state index in [0.717, 1.165) is 11.6 Å². The van der Waals surface area contributed by atoms with E-state index in [4.69, 9.17) is 11.6 Å². The maximum Gasteiger partial charge on any atom is 0.289 e. The highest BCUT2D eigenvalue weighted by Gasteiger charge is 2.16. The van der Waals surface area contributed by atoms with Gasteiger partial charge in [0.2, 0.25) is 0 Å². The number of carbonyl (C=O) groups is 1. The quantitative estimate of drug-likeness (QED) is 0.346. The summed E-state index contributed by atoms with van der Waals surface area (Å²) < 4.78 is 0. The van der Waals surface area contributed by atoms with Gasteiger partial charge in [0, 0.05) is 24.0 Å². The molecule has 1 atom stereocenters. The Labute approximate surface area is 155 Å². The van der Waals surface area contributed by atoms with E-state index in [1.54, 1.807) is 6.07 Å². The highest BCUT2D eigenvalue weighted by molar-refractivity contribution is 6.32. The molecule has 2 rings (SSSR count). The van der Waals surface area contributed by atoms with Crippen LogP contribution in [-0.4, -0.2) is 10.8 Å². The topological polar surface area (TPSA) is 108 Å². The molecule has 132 valence electrons. The number of hydrogen-bond donors (Lipinski definition) is 2. The van der Waals surface area contributed by atoms with Gasteiger partial charge in [-0.3, -0.25) is 14.9 Å². The number of nitro benzene ring substituents is 1. The molecule has 0 spiro atoms. The molecule has 2 N–H and O–H groups in total. The van der Waals surface area contributed by atoms with E-state index >= 15 is 0 Å². The van der Waals surface area contributed by atoms with Crippen LogP contribution in [0.2, 0.25) is 5.02 Å². The van der Waals surface area contributed by atoms with Crippen molar-refractivity contribution in [3.8, 4) is 6.07 Å². The van der Waals surface area contributed by atoms with E-state index in [2.05, 4.69) is 10.6 Å². The predicted molar refractivity (Wildman–Crippen MR) is 98.4 cm³/mol. The van der Waals surface area contributed by atoms with Crippen molar-refractivity contribution in [1.82, 2.24) is 5.32 Å². The average Bonchev–Trinajstić information content (AvgIpc) is 2.64. The third-order valence-corrected chi connectivity index (χ3v) is 3.86. The standard InChI is InChI=1S/C18H15ClN4O3/c1-12(13-5-3-2-4-6-13)21-11-14(10-20)18(24)22-15-7-8-16(19)17(9-15)23(25)26/h2-9,11-12,21H,1H3,(H,22,24)/b14-11-. The largest absolute Gasteiger partial charge is 0.383 e. The molecule has 0 fully saturated rings. The number of nitriles is 1. The number of anilines is 1. The van der Waals surface area contributed by atoms with Crippen molar-refractivity contribution in [2.75, 3.05) is 5.32 Å². The molecule has 1 unspecified atom stereocenters. The molecule has 0 aliphatic rings. The minimum Gasteiger partial charge on any atom is -0.383 e. The molecular formula is C18H15ClN4O3. The molecule has 0 radical (unpaired) electrons. The van der Waals surface area contributed by atoms with E-state index in [1.165, 1.54) is 18.3 Å². The van der Waals surface area contributed by atoms with E-state index in [1.807, 2.05) is 37.3 Å². The molecule has 2 aromatic carbocycles. The van der Waals surface area contributed by atoms with Crippen LogP contribution in [0.1, 0.15) is 18.5 Å². The fraction of sp³-hybridized carbons (Fsp3) is 0.111. The maximum absolute atomic E-state index is 12.2. The van der Waals surface area contributed by atoms with Crippen LogP contribution in [0.15, 0.2) is 60.3 Å². The second kappa shape index (κ2) is 8.65. The van der Waals surface area contributed by atoms with Gasteiger partial charge in [-0.05, 0) is 24.6 Å². The van der Waals surface area contributed by atoms with Gasteiger partial charge in [0.05, 0.1) is 4.92 Å². The summed E-state index contributed by atoms with van der Waals surface area (Å²) in [5.74, 6) is -0.683. The zero-order valence-electron chi connectivity index (χ0n) is 13.8. The molecule has 8 heteroatoms. The SMILES string of the molecule is CC(N/C=C(/C#N)C(=O)Nc1ccc(Cl)c([N+](=O)[O-])c1)c1ccccc1. The zero-order valence-corrected chi connectivity index (χ0v) is 14.5. The third-order valence-electron chi connectivity index (χ3n) is 3.54. The van der Waals surface area contributed by atoms with Crippen LogP contribution < -0.4 is 10.6 Å². The Morgan fingerprint density at radius 3 is 2.62 bits per heavy atom. The Bertz CT molecular complexity index is 891. The highest BCUT2D eigenvalue weighted by atomic mass is 35.5. The number of benzene rings is 2. The first-order chi connectivity index (χ1) is 12.4. The summed E-state index contributed by atoms with van der Waals surface area (Å²) in [5, 5.41) is 25.5. The predicted octanol–water partition coefficient (Wildman–Crippen LogP) is 3.94. The maximum atomic E-state index is 12.2. The molecule has 0 aromatic heterocycles. The number of hydrogen-bond acceptors (Lipinski definition) is 5. The van der Waals surface area contributed by atoms with Crippen LogP contribution in [0.3, 0.4) is 0 Å². The van der Waals surface area contributed by atoms with Crippen molar-refractivity contribution < 1.29 is 9.72 Å². The van der Waals surface area contributed by atoms with Crippen molar-refractivity contribution in [3.63, 3.8) is 0 Å². The Hall–Kier alpha value is -3.37. The molecule has 0 aliphatic carbocycles. The van der Waals surface area contributed by atoms with Crippen LogP contribution in [0.25, 0.3) is 0 Å². The van der Waals surface area contributed by atoms with Gasteiger partial charge in [0.1, 0.15) is 16.7 Å². The van der Waals surface area contributed by atoms with Gasteiger partial charge in [0.15, 0.2) is 0 Å². The Kier molecular flexibility index (Phi) is 6.31. The molecule has 1 amide bonds. The first-order valence-corrected chi connectivity index (χ1v) is 7.96. The van der Waals surface area contributed by atoms with Crippen molar-refractivity contribution in [2.45, 2.75) is 13.0 Å². The van der Waals surface area contributed by atoms with Crippen molar-refractivity contribution in [1.29, 1.82) is 5.26 Å². The molecule has 2 aromatic rings. The fourth-order valence-electron chi connectivity index (χ4n) is 2.12. The second-order valence-electron chi connectivity index (χ2n) is 5.35. The average molecular weight is 371 g/mol. The van der Waals surface area contributed by atoms with Crippen LogP contribution in [0.4, 0.5) is 11.4 Å². The first kappa shape index (κ1) is 19.0. The molecule has 0 saturated heterocycles. The van der Waals surface area contributed by atoms with Crippen LogP contribution in [-0.2, 0) is 4.79 Å². The zero-order chi connectivity index (χ0) is 19.1. The summed E-state index contributed by atoms with van der Waals surface area (Å²) in [6, 6.07) is 15.1. The lowest BCUT2D eigenvalue weighted by atomic mass is 10.1. The minimum absolute atomic E-state index is 0.0394. The smallest absolute Gasteiger partial charge is 0.289 e. The van der Waals surface area contributed by atoms with Gasteiger partial charge in [-0.15, -0.1) is 0 Å². The number of nitrogens with zero attached hydrogens (tertiary/aromatic N) is 2. The van der Waals surface area contributed by atoms with Crippen LogP contribution in [0, 0.1) is 21.4 Å². The molecule has 0 heterocycles. The number of nitro groups is 1. The molecule has 26 heavy (non-hydrogen) atoms. The summed E-state index contributed by atoms with van der Waals surface area (Å²) in [6.45, 7) is 1.89. The Morgan fingerprint density at radius 2 is 2.00 bits per heavy atom. The number of rotatable bonds is 6. The highest BCUT2D eigenvalue weighted by Crippen LogP contribution is 2.27. The van der Waals surface area contributed by atoms with Crippen LogP contribution in [0.5, 0.6) is 0 Å². The monoisotopic (exact) mass is 370 g/mol. The lowest BCUT2D eigenvalue weighted by Crippen LogP contribution is -2.18. The van der Waals surface area contributed by atoms with E-state index in [0.29, 0.717) is 0 Å². The van der Waals surface area contributed by atoms with Crippen molar-refractivity contribution in [3.05, 3.63) is 81.0 Å². The summed E-state index contributed by atoms with van der Waals surface area (Å²) in [5.41, 5.74) is 0.672. The fourth-order valence-corrected chi connectivity index (χ4v) is 2.31. The Balaban J connectivity index is 2.10. The minimum atomic E-state index is -0.683. The van der Waals surface area contributed by atoms with Crippen molar-refractivity contribution >= 4 is 28.9 Å². The normalized spacial score (nSPS) is 12.0. The lowest BCUT2D eigenvalue weighted by Gasteiger charge is -2.12. The third kappa shape index (κ3) is 4.82. The van der Waals surface area contributed by atoms with E-state index in [9.17, 15) is 20.2 Å². The molecule has 7 nitrogen and oxygen atoms in total. The number of nitrogens with one attached hydrogen (secondary N) is 2.